The first-order valence-electron chi connectivity index (χ1n) is 6.25. The Morgan fingerprint density at radius 2 is 0.636 bits per heavy atom. The van der Waals surface area contributed by atoms with Gasteiger partial charge in [-0.25, -0.2) is 9.59 Å². The van der Waals surface area contributed by atoms with Crippen molar-refractivity contribution >= 4 is 11.9 Å². The van der Waals surface area contributed by atoms with Gasteiger partial charge in [-0.3, -0.25) is 0 Å². The van der Waals surface area contributed by atoms with Gasteiger partial charge in [0.25, 0.3) is 0 Å². The maximum Gasteiger partial charge on any atom is 0.327 e. The Labute approximate surface area is 130 Å². The van der Waals surface area contributed by atoms with E-state index in [2.05, 4.69) is 13.2 Å². The second-order valence-corrected chi connectivity index (χ2v) is 3.39. The zero-order valence-electron chi connectivity index (χ0n) is 12.2. The first kappa shape index (κ1) is 21.2. The standard InChI is InChI=1S/2C6H6.2C3H4O2/c2*1-2-4-6-5-3-1;2*1-2-3(4)5/h2*1-6H;2*2H,1H2,(H,4,5). The fraction of sp³-hybridized carbons (Fsp3) is 0. The Kier molecular flexibility index (Phi) is 17.2. The number of hydrogen-bond donors (Lipinski definition) is 2. The summed E-state index contributed by atoms with van der Waals surface area (Å²) in [5.74, 6) is -1.96. The lowest BCUT2D eigenvalue weighted by Crippen LogP contribution is -1.82. The molecule has 0 amide bonds. The smallest absolute Gasteiger partial charge is 0.327 e. The third-order valence-corrected chi connectivity index (χ3v) is 1.68. The van der Waals surface area contributed by atoms with Crippen molar-refractivity contribution < 1.29 is 19.8 Å². The molecule has 0 saturated carbocycles. The lowest BCUT2D eigenvalue weighted by Gasteiger charge is -1.69. The average Bonchev–Trinajstić information content (AvgIpc) is 2.59. The topological polar surface area (TPSA) is 74.6 Å². The van der Waals surface area contributed by atoms with Gasteiger partial charge in [0.1, 0.15) is 0 Å². The minimum Gasteiger partial charge on any atom is -0.478 e. The molecule has 2 N–H and O–H groups in total. The molecule has 0 aliphatic rings. The molecule has 2 aromatic carbocycles. The summed E-state index contributed by atoms with van der Waals surface area (Å²) in [7, 11) is 0. The van der Waals surface area contributed by atoms with E-state index < -0.39 is 11.9 Å². The van der Waals surface area contributed by atoms with Crippen molar-refractivity contribution in [3.8, 4) is 0 Å². The van der Waals surface area contributed by atoms with Crippen molar-refractivity contribution in [1.29, 1.82) is 0 Å². The number of carbonyl (C=O) groups is 2. The SMILES string of the molecule is C=CC(=O)O.C=CC(=O)O.c1ccccc1.c1ccccc1. The molecule has 0 radical (unpaired) electrons. The minimum absolute atomic E-state index is 0.833. The predicted molar refractivity (Wildman–Crippen MR) is 88.5 cm³/mol. The lowest BCUT2D eigenvalue weighted by atomic mass is 10.4. The molecule has 0 fully saturated rings. The van der Waals surface area contributed by atoms with Crippen molar-refractivity contribution in [1.82, 2.24) is 0 Å². The first-order valence-corrected chi connectivity index (χ1v) is 6.25. The predicted octanol–water partition coefficient (Wildman–Crippen LogP) is 3.89. The molecular formula is C18H20O4. The zero-order valence-corrected chi connectivity index (χ0v) is 12.2. The van der Waals surface area contributed by atoms with Crippen LogP contribution in [0.5, 0.6) is 0 Å². The van der Waals surface area contributed by atoms with Crippen LogP contribution in [0.1, 0.15) is 0 Å². The molecule has 0 saturated heterocycles. The van der Waals surface area contributed by atoms with Gasteiger partial charge < -0.3 is 10.2 Å². The molecule has 0 heterocycles. The highest BCUT2D eigenvalue weighted by Gasteiger charge is 1.73. The van der Waals surface area contributed by atoms with E-state index in [-0.39, 0.29) is 0 Å². The molecule has 4 nitrogen and oxygen atoms in total. The van der Waals surface area contributed by atoms with E-state index in [0.29, 0.717) is 0 Å². The largest absolute Gasteiger partial charge is 0.478 e. The molecule has 116 valence electrons. The second kappa shape index (κ2) is 17.9. The normalized spacial score (nSPS) is 7.27. The van der Waals surface area contributed by atoms with Gasteiger partial charge in [0.2, 0.25) is 0 Å². The molecule has 0 aromatic heterocycles. The summed E-state index contributed by atoms with van der Waals surface area (Å²) in [6, 6.07) is 24.0. The van der Waals surface area contributed by atoms with E-state index in [4.69, 9.17) is 10.2 Å². The number of carboxylic acid groups (broad SMARTS) is 2. The van der Waals surface area contributed by atoms with Crippen LogP contribution in [0.15, 0.2) is 98.1 Å². The maximum absolute atomic E-state index is 9.25. The molecule has 0 atom stereocenters. The van der Waals surface area contributed by atoms with Crippen LogP contribution < -0.4 is 0 Å². The number of aliphatic carboxylic acids is 2. The zero-order chi connectivity index (χ0) is 17.1. The first-order chi connectivity index (χ1) is 10.5. The Bertz CT molecular complexity index is 404. The molecule has 0 bridgehead atoms. The summed E-state index contributed by atoms with van der Waals surface area (Å²) in [6.45, 7) is 5.92. The summed E-state index contributed by atoms with van der Waals surface area (Å²) in [5.41, 5.74) is 0. The third-order valence-electron chi connectivity index (χ3n) is 1.68. The summed E-state index contributed by atoms with van der Waals surface area (Å²) >= 11 is 0. The Hall–Kier alpha value is -3.14. The highest BCUT2D eigenvalue weighted by atomic mass is 16.4. The van der Waals surface area contributed by atoms with Crippen molar-refractivity contribution in [3.63, 3.8) is 0 Å². The maximum atomic E-state index is 9.25. The Morgan fingerprint density at radius 3 is 0.682 bits per heavy atom. The van der Waals surface area contributed by atoms with Crippen LogP contribution in [0.3, 0.4) is 0 Å². The highest BCUT2D eigenvalue weighted by Crippen LogP contribution is 1.80. The van der Waals surface area contributed by atoms with E-state index in [1.165, 1.54) is 0 Å². The molecule has 0 spiro atoms. The van der Waals surface area contributed by atoms with Gasteiger partial charge in [-0.1, -0.05) is 86.0 Å². The lowest BCUT2D eigenvalue weighted by molar-refractivity contribution is -0.132. The second-order valence-electron chi connectivity index (χ2n) is 3.39. The van der Waals surface area contributed by atoms with Crippen molar-refractivity contribution in [2.45, 2.75) is 0 Å². The minimum atomic E-state index is -0.981. The van der Waals surface area contributed by atoms with Crippen LogP contribution in [0.2, 0.25) is 0 Å². The summed E-state index contributed by atoms with van der Waals surface area (Å²) < 4.78 is 0. The van der Waals surface area contributed by atoms with E-state index in [1.54, 1.807) is 0 Å². The van der Waals surface area contributed by atoms with Crippen molar-refractivity contribution in [2.75, 3.05) is 0 Å². The molecular weight excluding hydrogens is 280 g/mol. The highest BCUT2D eigenvalue weighted by molar-refractivity contribution is 5.79. The molecule has 2 rings (SSSR count). The van der Waals surface area contributed by atoms with Crippen LogP contribution in [0.4, 0.5) is 0 Å². The van der Waals surface area contributed by atoms with E-state index >= 15 is 0 Å². The van der Waals surface area contributed by atoms with Gasteiger partial charge in [-0.15, -0.1) is 0 Å². The molecule has 0 unspecified atom stereocenters. The fourth-order valence-electron chi connectivity index (χ4n) is 0.770. The third kappa shape index (κ3) is 25.6. The van der Waals surface area contributed by atoms with Gasteiger partial charge in [-0.2, -0.15) is 0 Å². The van der Waals surface area contributed by atoms with Crippen molar-refractivity contribution in [3.05, 3.63) is 98.1 Å². The van der Waals surface area contributed by atoms with Gasteiger partial charge in [0, 0.05) is 12.2 Å². The Morgan fingerprint density at radius 1 is 0.545 bits per heavy atom. The molecule has 0 aliphatic carbocycles. The fourth-order valence-corrected chi connectivity index (χ4v) is 0.770. The van der Waals surface area contributed by atoms with E-state index in [0.717, 1.165) is 12.2 Å². The average molecular weight is 300 g/mol. The number of carboxylic acids is 2. The van der Waals surface area contributed by atoms with Crippen LogP contribution in [0, 0.1) is 0 Å². The number of rotatable bonds is 2. The monoisotopic (exact) mass is 300 g/mol. The van der Waals surface area contributed by atoms with Crippen LogP contribution in [-0.4, -0.2) is 22.2 Å². The molecule has 0 aliphatic heterocycles. The van der Waals surface area contributed by atoms with Gasteiger partial charge in [-0.05, 0) is 0 Å². The van der Waals surface area contributed by atoms with Crippen LogP contribution in [-0.2, 0) is 9.59 Å². The van der Waals surface area contributed by atoms with Gasteiger partial charge >= 0.3 is 11.9 Å². The molecule has 4 heteroatoms. The van der Waals surface area contributed by atoms with Crippen LogP contribution >= 0.6 is 0 Å². The number of benzene rings is 2. The quantitative estimate of drug-likeness (QED) is 0.825. The molecule has 2 aromatic rings. The summed E-state index contributed by atoms with van der Waals surface area (Å²) in [4.78, 5) is 18.5. The van der Waals surface area contributed by atoms with Crippen LogP contribution in [0.25, 0.3) is 0 Å². The van der Waals surface area contributed by atoms with Gasteiger partial charge in [0.15, 0.2) is 0 Å². The Balaban J connectivity index is 0. The summed E-state index contributed by atoms with van der Waals surface area (Å²) in [6.07, 6.45) is 1.67. The number of hydrogen-bond acceptors (Lipinski definition) is 2. The van der Waals surface area contributed by atoms with E-state index in [9.17, 15) is 9.59 Å². The van der Waals surface area contributed by atoms with E-state index in [1.807, 2.05) is 72.8 Å². The molecule has 22 heavy (non-hydrogen) atoms. The summed E-state index contributed by atoms with van der Waals surface area (Å²) in [5, 5.41) is 15.2. The van der Waals surface area contributed by atoms with Crippen molar-refractivity contribution in [2.24, 2.45) is 0 Å². The van der Waals surface area contributed by atoms with Gasteiger partial charge in [0.05, 0.1) is 0 Å².